The summed E-state index contributed by atoms with van der Waals surface area (Å²) in [7, 11) is 2.26. The van der Waals surface area contributed by atoms with Crippen molar-refractivity contribution >= 4 is 39.6 Å². The van der Waals surface area contributed by atoms with E-state index in [0.717, 1.165) is 18.7 Å². The Morgan fingerprint density at radius 1 is 0.923 bits per heavy atom. The second-order valence-electron chi connectivity index (χ2n) is 5.39. The molecule has 0 aliphatic heterocycles. The van der Waals surface area contributed by atoms with Gasteiger partial charge in [-0.1, -0.05) is 28.1 Å². The first-order valence-electron chi connectivity index (χ1n) is 7.74. The van der Waals surface area contributed by atoms with Gasteiger partial charge in [0.25, 0.3) is 0 Å². The standard InChI is InChI=1S/C18H17BrO7/c1-4-26-18(23)13-11(15(20)9-5-7-10(19)8-6-9)12(16(21)24-2)14(13)17(22)25-3/h5-8,11-12H,4H2,1-3H3/t11-,12-/m0/s1. The highest BCUT2D eigenvalue weighted by Crippen LogP contribution is 2.45. The summed E-state index contributed by atoms with van der Waals surface area (Å²) in [5.74, 6) is -5.37. The van der Waals surface area contributed by atoms with E-state index in [0.29, 0.717) is 0 Å². The topological polar surface area (TPSA) is 96.0 Å². The quantitative estimate of drug-likeness (QED) is 0.391. The molecule has 7 nitrogen and oxygen atoms in total. The molecule has 2 rings (SSSR count). The van der Waals surface area contributed by atoms with Gasteiger partial charge in [-0.3, -0.25) is 9.59 Å². The van der Waals surface area contributed by atoms with Gasteiger partial charge in [-0.05, 0) is 19.1 Å². The number of hydrogen-bond acceptors (Lipinski definition) is 7. The molecule has 138 valence electrons. The summed E-state index contributed by atoms with van der Waals surface area (Å²) in [4.78, 5) is 49.5. The molecule has 0 fully saturated rings. The maximum absolute atomic E-state index is 12.9. The zero-order chi connectivity index (χ0) is 19.4. The highest BCUT2D eigenvalue weighted by atomic mass is 79.9. The van der Waals surface area contributed by atoms with E-state index in [-0.39, 0.29) is 23.3 Å². The van der Waals surface area contributed by atoms with Gasteiger partial charge in [-0.15, -0.1) is 0 Å². The lowest BCUT2D eigenvalue weighted by atomic mass is 9.64. The van der Waals surface area contributed by atoms with Crippen molar-refractivity contribution in [2.45, 2.75) is 6.92 Å². The molecule has 0 amide bonds. The van der Waals surface area contributed by atoms with Crippen LogP contribution < -0.4 is 0 Å². The maximum atomic E-state index is 12.9. The molecule has 0 aromatic heterocycles. The van der Waals surface area contributed by atoms with E-state index in [4.69, 9.17) is 9.47 Å². The zero-order valence-corrected chi connectivity index (χ0v) is 16.0. The van der Waals surface area contributed by atoms with Crippen LogP contribution in [0.4, 0.5) is 0 Å². The average Bonchev–Trinajstić information content (AvgIpc) is 2.61. The number of halogens is 1. The molecule has 0 unspecified atom stereocenters. The lowest BCUT2D eigenvalue weighted by Crippen LogP contribution is -2.47. The molecule has 26 heavy (non-hydrogen) atoms. The Balaban J connectivity index is 2.54. The van der Waals surface area contributed by atoms with Gasteiger partial charge in [0.1, 0.15) is 5.92 Å². The molecular formula is C18H17BrO7. The Hall–Kier alpha value is -2.48. The predicted octanol–water partition coefficient (Wildman–Crippen LogP) is 2.08. The van der Waals surface area contributed by atoms with Gasteiger partial charge in [-0.25, -0.2) is 9.59 Å². The fraction of sp³-hybridized carbons (Fsp3) is 0.333. The van der Waals surface area contributed by atoms with Crippen LogP contribution in [0.5, 0.6) is 0 Å². The van der Waals surface area contributed by atoms with Crippen LogP contribution in [0, 0.1) is 11.8 Å². The largest absolute Gasteiger partial charge is 0.469 e. The molecule has 1 aromatic rings. The molecule has 0 heterocycles. The number of carbonyl (C=O) groups excluding carboxylic acids is 4. The molecule has 8 heteroatoms. The fourth-order valence-electron chi connectivity index (χ4n) is 2.82. The Morgan fingerprint density at radius 3 is 2.00 bits per heavy atom. The Kier molecular flexibility index (Phi) is 6.31. The molecule has 1 aliphatic carbocycles. The first kappa shape index (κ1) is 19.8. The number of ether oxygens (including phenoxy) is 3. The van der Waals surface area contributed by atoms with E-state index in [1.165, 1.54) is 0 Å². The van der Waals surface area contributed by atoms with Crippen molar-refractivity contribution in [2.75, 3.05) is 20.8 Å². The Labute approximate surface area is 158 Å². The second kappa shape index (κ2) is 8.27. The molecular weight excluding hydrogens is 408 g/mol. The van der Waals surface area contributed by atoms with E-state index in [1.807, 2.05) is 0 Å². The van der Waals surface area contributed by atoms with E-state index in [1.54, 1.807) is 31.2 Å². The summed E-state index contributed by atoms with van der Waals surface area (Å²) in [6, 6.07) is 6.43. The lowest BCUT2D eigenvalue weighted by molar-refractivity contribution is -0.151. The minimum atomic E-state index is -1.22. The van der Waals surface area contributed by atoms with Crippen LogP contribution in [0.1, 0.15) is 17.3 Å². The number of hydrogen-bond donors (Lipinski definition) is 0. The smallest absolute Gasteiger partial charge is 0.335 e. The highest BCUT2D eigenvalue weighted by Gasteiger charge is 2.55. The number of ketones is 1. The summed E-state index contributed by atoms with van der Waals surface area (Å²) in [5.41, 5.74) is -0.0758. The number of Topliss-reactive ketones (excluding diaryl/α,β-unsaturated/α-hetero) is 1. The summed E-state index contributed by atoms with van der Waals surface area (Å²) in [6.07, 6.45) is 0. The molecule has 0 radical (unpaired) electrons. The van der Waals surface area contributed by atoms with Crippen molar-refractivity contribution < 1.29 is 33.4 Å². The van der Waals surface area contributed by atoms with Crippen LogP contribution in [0.3, 0.4) is 0 Å². The average molecular weight is 425 g/mol. The van der Waals surface area contributed by atoms with E-state index in [2.05, 4.69) is 20.7 Å². The number of esters is 3. The molecule has 1 aliphatic rings. The first-order valence-corrected chi connectivity index (χ1v) is 8.53. The van der Waals surface area contributed by atoms with Crippen LogP contribution >= 0.6 is 15.9 Å². The number of benzene rings is 1. The summed E-state index contributed by atoms with van der Waals surface area (Å²) < 4.78 is 15.1. The van der Waals surface area contributed by atoms with Crippen molar-refractivity contribution in [3.8, 4) is 0 Å². The van der Waals surface area contributed by atoms with E-state index < -0.39 is 35.5 Å². The lowest BCUT2D eigenvalue weighted by Gasteiger charge is -2.36. The second-order valence-corrected chi connectivity index (χ2v) is 6.30. The summed E-state index contributed by atoms with van der Waals surface area (Å²) in [5, 5.41) is 0. The van der Waals surface area contributed by atoms with Gasteiger partial charge in [0.2, 0.25) is 0 Å². The SMILES string of the molecule is CCOC(=O)C1=C(C(=O)OC)[C@@H](C(=O)OC)[C@@H]1C(=O)c1ccc(Br)cc1. The van der Waals surface area contributed by atoms with Crippen molar-refractivity contribution in [3.63, 3.8) is 0 Å². The fourth-order valence-corrected chi connectivity index (χ4v) is 3.09. The maximum Gasteiger partial charge on any atom is 0.335 e. The Morgan fingerprint density at radius 2 is 1.50 bits per heavy atom. The number of carbonyl (C=O) groups is 4. The van der Waals surface area contributed by atoms with Gasteiger partial charge in [0.15, 0.2) is 5.78 Å². The molecule has 0 saturated carbocycles. The van der Waals surface area contributed by atoms with E-state index in [9.17, 15) is 19.2 Å². The summed E-state index contributed by atoms with van der Waals surface area (Å²) in [6.45, 7) is 1.65. The normalized spacial score (nSPS) is 18.6. The third-order valence-corrected chi connectivity index (χ3v) is 4.54. The molecule has 0 N–H and O–H groups in total. The number of methoxy groups -OCH3 is 2. The van der Waals surface area contributed by atoms with Gasteiger partial charge in [0.05, 0.1) is 37.9 Å². The van der Waals surface area contributed by atoms with Crippen LogP contribution in [0.15, 0.2) is 39.9 Å². The van der Waals surface area contributed by atoms with Gasteiger partial charge >= 0.3 is 17.9 Å². The van der Waals surface area contributed by atoms with Crippen LogP contribution in [-0.4, -0.2) is 44.5 Å². The Bertz CT molecular complexity index is 779. The molecule has 0 bridgehead atoms. The van der Waals surface area contributed by atoms with Crippen molar-refractivity contribution in [3.05, 3.63) is 45.4 Å². The highest BCUT2D eigenvalue weighted by molar-refractivity contribution is 9.10. The zero-order valence-electron chi connectivity index (χ0n) is 14.4. The van der Waals surface area contributed by atoms with Crippen LogP contribution in [-0.2, 0) is 28.6 Å². The van der Waals surface area contributed by atoms with Crippen LogP contribution in [0.2, 0.25) is 0 Å². The minimum Gasteiger partial charge on any atom is -0.469 e. The van der Waals surface area contributed by atoms with Crippen LogP contribution in [0.25, 0.3) is 0 Å². The van der Waals surface area contributed by atoms with Gasteiger partial charge in [-0.2, -0.15) is 0 Å². The minimum absolute atomic E-state index is 0.0544. The summed E-state index contributed by atoms with van der Waals surface area (Å²) >= 11 is 3.27. The van der Waals surface area contributed by atoms with Gasteiger partial charge < -0.3 is 14.2 Å². The first-order chi connectivity index (χ1) is 12.4. The van der Waals surface area contributed by atoms with Crippen molar-refractivity contribution in [1.82, 2.24) is 0 Å². The predicted molar refractivity (Wildman–Crippen MR) is 93.1 cm³/mol. The molecule has 2 atom stereocenters. The molecule has 0 saturated heterocycles. The third-order valence-electron chi connectivity index (χ3n) is 4.01. The molecule has 0 spiro atoms. The molecule has 1 aromatic carbocycles. The van der Waals surface area contributed by atoms with E-state index >= 15 is 0 Å². The van der Waals surface area contributed by atoms with Gasteiger partial charge in [0, 0.05) is 10.0 Å². The van der Waals surface area contributed by atoms with Crippen molar-refractivity contribution in [1.29, 1.82) is 0 Å². The number of rotatable bonds is 6. The monoisotopic (exact) mass is 424 g/mol. The van der Waals surface area contributed by atoms with Crippen molar-refractivity contribution in [2.24, 2.45) is 11.8 Å². The third kappa shape index (κ3) is 3.55.